The highest BCUT2D eigenvalue weighted by Gasteiger charge is 2.16. The van der Waals surface area contributed by atoms with Crippen LogP contribution in [0, 0.1) is 19.8 Å². The highest BCUT2D eigenvalue weighted by molar-refractivity contribution is 5.24. The average molecular weight is 319 g/mol. The Morgan fingerprint density at radius 2 is 2.00 bits per heavy atom. The van der Waals surface area contributed by atoms with Gasteiger partial charge in [0, 0.05) is 49.7 Å². The van der Waals surface area contributed by atoms with Crippen LogP contribution in [0.15, 0.2) is 12.4 Å². The second-order valence-corrected chi connectivity index (χ2v) is 6.68. The van der Waals surface area contributed by atoms with E-state index in [0.717, 1.165) is 31.0 Å². The maximum Gasteiger partial charge on any atom is 0.0644 e. The van der Waals surface area contributed by atoms with Crippen molar-refractivity contribution in [2.75, 3.05) is 13.2 Å². The Hall–Kier alpha value is -1.66. The summed E-state index contributed by atoms with van der Waals surface area (Å²) in [6.07, 6.45) is 4.00. The van der Waals surface area contributed by atoms with Crippen LogP contribution in [0.3, 0.4) is 0 Å². The van der Waals surface area contributed by atoms with Crippen molar-refractivity contribution in [3.8, 4) is 0 Å². The molecule has 0 radical (unpaired) electrons. The first-order valence-electron chi connectivity index (χ1n) is 8.24. The lowest BCUT2D eigenvalue weighted by atomic mass is 10.1. The Morgan fingerprint density at radius 1 is 1.26 bits per heavy atom. The first kappa shape index (κ1) is 17.7. The van der Waals surface area contributed by atoms with Gasteiger partial charge >= 0.3 is 0 Å². The van der Waals surface area contributed by atoms with Gasteiger partial charge in [-0.3, -0.25) is 14.3 Å². The molecule has 0 amide bonds. The highest BCUT2D eigenvalue weighted by Crippen LogP contribution is 2.18. The fraction of sp³-hybridized carbons (Fsp3) is 0.647. The third-order valence-electron chi connectivity index (χ3n) is 4.01. The first-order valence-corrected chi connectivity index (χ1v) is 8.24. The molecule has 0 saturated heterocycles. The summed E-state index contributed by atoms with van der Waals surface area (Å²) in [7, 11) is 1.95. The highest BCUT2D eigenvalue weighted by atomic mass is 16.3. The van der Waals surface area contributed by atoms with E-state index in [-0.39, 0.29) is 6.61 Å². The summed E-state index contributed by atoms with van der Waals surface area (Å²) >= 11 is 0. The molecule has 128 valence electrons. The van der Waals surface area contributed by atoms with Crippen molar-refractivity contribution in [3.05, 3.63) is 34.9 Å². The molecule has 0 atom stereocenters. The van der Waals surface area contributed by atoms with Gasteiger partial charge in [-0.15, -0.1) is 0 Å². The Kier molecular flexibility index (Phi) is 5.96. The molecule has 6 heteroatoms. The van der Waals surface area contributed by atoms with Crippen LogP contribution in [0.4, 0.5) is 0 Å². The normalized spacial score (nSPS) is 11.8. The van der Waals surface area contributed by atoms with Crippen molar-refractivity contribution in [1.29, 1.82) is 0 Å². The fourth-order valence-corrected chi connectivity index (χ4v) is 3.01. The van der Waals surface area contributed by atoms with Crippen molar-refractivity contribution >= 4 is 0 Å². The number of aromatic nitrogens is 4. The van der Waals surface area contributed by atoms with Gasteiger partial charge in [0.2, 0.25) is 0 Å². The molecule has 0 saturated carbocycles. The number of rotatable bonds is 8. The molecule has 6 nitrogen and oxygen atoms in total. The lowest BCUT2D eigenvalue weighted by Crippen LogP contribution is -2.27. The SMILES string of the molecule is Cc1nn(CCO)c(C)c1CN(Cc1cnn(C)c1)CC(C)C. The van der Waals surface area contributed by atoms with Gasteiger partial charge in [-0.05, 0) is 19.8 Å². The van der Waals surface area contributed by atoms with Gasteiger partial charge in [0.25, 0.3) is 0 Å². The van der Waals surface area contributed by atoms with Crippen molar-refractivity contribution in [3.63, 3.8) is 0 Å². The van der Waals surface area contributed by atoms with E-state index in [2.05, 4.69) is 42.1 Å². The van der Waals surface area contributed by atoms with Gasteiger partial charge in [0.15, 0.2) is 0 Å². The summed E-state index contributed by atoms with van der Waals surface area (Å²) in [6.45, 7) is 12.1. The number of aliphatic hydroxyl groups is 1. The first-order chi connectivity index (χ1) is 10.9. The molecule has 0 aromatic carbocycles. The van der Waals surface area contributed by atoms with E-state index >= 15 is 0 Å². The van der Waals surface area contributed by atoms with Crippen LogP contribution in [0.5, 0.6) is 0 Å². The largest absolute Gasteiger partial charge is 0.394 e. The summed E-state index contributed by atoms with van der Waals surface area (Å²) < 4.78 is 3.75. The van der Waals surface area contributed by atoms with Crippen molar-refractivity contribution in [1.82, 2.24) is 24.5 Å². The topological polar surface area (TPSA) is 59.1 Å². The van der Waals surface area contributed by atoms with Crippen LogP contribution in [0.25, 0.3) is 0 Å². The predicted molar refractivity (Wildman–Crippen MR) is 90.9 cm³/mol. The lowest BCUT2D eigenvalue weighted by molar-refractivity contribution is 0.226. The van der Waals surface area contributed by atoms with Crippen LogP contribution >= 0.6 is 0 Å². The average Bonchev–Trinajstić information content (AvgIpc) is 2.97. The van der Waals surface area contributed by atoms with Gasteiger partial charge in [-0.1, -0.05) is 13.8 Å². The summed E-state index contributed by atoms with van der Waals surface area (Å²) in [6, 6.07) is 0. The fourth-order valence-electron chi connectivity index (χ4n) is 3.01. The van der Waals surface area contributed by atoms with Crippen molar-refractivity contribution in [2.24, 2.45) is 13.0 Å². The Morgan fingerprint density at radius 3 is 2.57 bits per heavy atom. The van der Waals surface area contributed by atoms with Crippen LogP contribution in [0.1, 0.15) is 36.4 Å². The summed E-state index contributed by atoms with van der Waals surface area (Å²) in [5, 5.41) is 18.0. The zero-order chi connectivity index (χ0) is 17.0. The molecule has 0 aliphatic rings. The minimum absolute atomic E-state index is 0.118. The summed E-state index contributed by atoms with van der Waals surface area (Å²) in [4.78, 5) is 2.45. The molecule has 0 aliphatic heterocycles. The van der Waals surface area contributed by atoms with Crippen molar-refractivity contribution < 1.29 is 5.11 Å². The number of aryl methyl sites for hydroxylation is 2. The lowest BCUT2D eigenvalue weighted by Gasteiger charge is -2.24. The molecule has 0 aliphatic carbocycles. The van der Waals surface area contributed by atoms with Crippen LogP contribution in [0.2, 0.25) is 0 Å². The van der Waals surface area contributed by atoms with E-state index in [1.165, 1.54) is 11.1 Å². The second kappa shape index (κ2) is 7.75. The number of hydrogen-bond acceptors (Lipinski definition) is 4. The molecule has 2 aromatic heterocycles. The van der Waals surface area contributed by atoms with E-state index in [1.54, 1.807) is 0 Å². The zero-order valence-corrected chi connectivity index (χ0v) is 15.0. The van der Waals surface area contributed by atoms with E-state index in [0.29, 0.717) is 12.5 Å². The molecule has 0 unspecified atom stereocenters. The van der Waals surface area contributed by atoms with Crippen molar-refractivity contribution in [2.45, 2.75) is 47.3 Å². The Bertz CT molecular complexity index is 629. The van der Waals surface area contributed by atoms with E-state index in [9.17, 15) is 0 Å². The minimum atomic E-state index is 0.118. The molecule has 2 aromatic rings. The summed E-state index contributed by atoms with van der Waals surface area (Å²) in [5.74, 6) is 0.597. The van der Waals surface area contributed by atoms with E-state index in [4.69, 9.17) is 5.11 Å². The molecule has 1 N–H and O–H groups in total. The quantitative estimate of drug-likeness (QED) is 0.807. The predicted octanol–water partition coefficient (Wildman–Crippen LogP) is 1.88. The molecule has 23 heavy (non-hydrogen) atoms. The smallest absolute Gasteiger partial charge is 0.0644 e. The Balaban J connectivity index is 2.17. The number of nitrogens with zero attached hydrogens (tertiary/aromatic N) is 5. The van der Waals surface area contributed by atoms with Gasteiger partial charge in [-0.25, -0.2) is 0 Å². The van der Waals surface area contributed by atoms with E-state index in [1.807, 2.05) is 29.5 Å². The van der Waals surface area contributed by atoms with Gasteiger partial charge in [0.05, 0.1) is 25.0 Å². The molecule has 2 heterocycles. The molecule has 0 spiro atoms. The summed E-state index contributed by atoms with van der Waals surface area (Å²) in [5.41, 5.74) is 4.70. The van der Waals surface area contributed by atoms with Gasteiger partial charge < -0.3 is 5.11 Å². The van der Waals surface area contributed by atoms with E-state index < -0.39 is 0 Å². The second-order valence-electron chi connectivity index (χ2n) is 6.68. The van der Waals surface area contributed by atoms with Gasteiger partial charge in [-0.2, -0.15) is 10.2 Å². The van der Waals surface area contributed by atoms with Gasteiger partial charge in [0.1, 0.15) is 0 Å². The number of aliphatic hydroxyl groups excluding tert-OH is 1. The minimum Gasteiger partial charge on any atom is -0.394 e. The maximum atomic E-state index is 9.16. The molecular formula is C17H29N5O. The molecule has 2 rings (SSSR count). The molecular weight excluding hydrogens is 290 g/mol. The third kappa shape index (κ3) is 4.65. The molecule has 0 fully saturated rings. The molecule has 0 bridgehead atoms. The maximum absolute atomic E-state index is 9.16. The zero-order valence-electron chi connectivity index (χ0n) is 15.0. The standard InChI is InChI=1S/C17H29N5O/c1-13(2)9-21(11-16-8-18-20(5)10-16)12-17-14(3)19-22(6-7-23)15(17)4/h8,10,13,23H,6-7,9,11-12H2,1-5H3. The van der Waals surface area contributed by atoms with Crippen LogP contribution in [-0.4, -0.2) is 42.7 Å². The van der Waals surface area contributed by atoms with Crippen LogP contribution in [-0.2, 0) is 26.7 Å². The monoisotopic (exact) mass is 319 g/mol. The Labute approximate surface area is 138 Å². The number of hydrogen-bond donors (Lipinski definition) is 1. The van der Waals surface area contributed by atoms with Crippen LogP contribution < -0.4 is 0 Å². The third-order valence-corrected chi connectivity index (χ3v) is 4.01.